The van der Waals surface area contributed by atoms with Gasteiger partial charge < -0.3 is 24.4 Å². The van der Waals surface area contributed by atoms with E-state index in [4.69, 9.17) is 14.2 Å². The summed E-state index contributed by atoms with van der Waals surface area (Å²) in [6, 6.07) is 5.49. The molecule has 33 heavy (non-hydrogen) atoms. The van der Waals surface area contributed by atoms with Crippen LogP contribution in [0.4, 0.5) is 10.5 Å². The third-order valence-corrected chi connectivity index (χ3v) is 9.68. The minimum Gasteiger partial charge on any atom is -0.495 e. The van der Waals surface area contributed by atoms with Crippen molar-refractivity contribution >= 4 is 17.7 Å². The molecule has 3 spiro atoms. The van der Waals surface area contributed by atoms with Gasteiger partial charge in [0.25, 0.3) is 0 Å². The van der Waals surface area contributed by atoms with Crippen LogP contribution in [0.15, 0.2) is 18.2 Å². The SMILES string of the molecule is COC(=O)N1c2c(OC)cccc2[C@@]23CCN4CCC[C@]5(CC[C@]12[C@](O)(C(=O)OC)[C@@H]5O)[C@H]43. The van der Waals surface area contributed by atoms with Gasteiger partial charge in [0.2, 0.25) is 5.60 Å². The lowest BCUT2D eigenvalue weighted by molar-refractivity contribution is -0.280. The number of amides is 1. The predicted molar refractivity (Wildman–Crippen MR) is 116 cm³/mol. The Bertz CT molecular complexity index is 1060. The van der Waals surface area contributed by atoms with Crippen LogP contribution in [0.1, 0.15) is 37.7 Å². The van der Waals surface area contributed by atoms with E-state index in [2.05, 4.69) is 4.90 Å². The van der Waals surface area contributed by atoms with Crippen LogP contribution in [-0.4, -0.2) is 84.9 Å². The average Bonchev–Trinajstić information content (AvgIpc) is 3.37. The van der Waals surface area contributed by atoms with Gasteiger partial charge in [0.15, 0.2) is 0 Å². The van der Waals surface area contributed by atoms with Gasteiger partial charge in [-0.15, -0.1) is 0 Å². The van der Waals surface area contributed by atoms with E-state index in [0.29, 0.717) is 37.1 Å². The molecule has 2 bridgehead atoms. The zero-order valence-electron chi connectivity index (χ0n) is 19.2. The molecular weight excluding hydrogens is 428 g/mol. The fourth-order valence-electron chi connectivity index (χ4n) is 8.90. The number of nitrogens with zero attached hydrogens (tertiary/aromatic N) is 2. The number of fused-ring (bicyclic) bond motifs is 3. The zero-order valence-corrected chi connectivity index (χ0v) is 19.2. The second kappa shape index (κ2) is 6.40. The van der Waals surface area contributed by atoms with Crippen molar-refractivity contribution in [3.8, 4) is 5.75 Å². The molecule has 1 amide bonds. The molecule has 3 heterocycles. The van der Waals surface area contributed by atoms with E-state index < -0.39 is 40.1 Å². The van der Waals surface area contributed by atoms with Crippen LogP contribution >= 0.6 is 0 Å². The standard InChI is InChI=1S/C24H30N2O7/c1-31-15-7-4-6-14-16(15)26(20(29)33-3)23-10-9-21(18(27)24(23,30)19(28)32-2)8-5-12-25-13-11-22(14,23)17(21)25/h4,6-7,17-18,27,30H,5,8-13H2,1-3H3/t17-,18+,21-,22+,23-,24+/m0/s1. The van der Waals surface area contributed by atoms with Crippen molar-refractivity contribution in [3.63, 3.8) is 0 Å². The lowest BCUT2D eigenvalue weighted by Crippen LogP contribution is -2.91. The van der Waals surface area contributed by atoms with Gasteiger partial charge in [0.05, 0.1) is 27.0 Å². The van der Waals surface area contributed by atoms with Crippen molar-refractivity contribution in [2.45, 2.75) is 60.8 Å². The molecule has 0 radical (unpaired) electrons. The van der Waals surface area contributed by atoms with E-state index >= 15 is 0 Å². The molecule has 3 aliphatic heterocycles. The highest BCUT2D eigenvalue weighted by atomic mass is 16.6. The third kappa shape index (κ3) is 1.88. The number of piperidine rings is 1. The normalized spacial score (nSPS) is 42.4. The fraction of sp³-hybridized carbons (Fsp3) is 0.667. The number of ether oxygens (including phenoxy) is 3. The van der Waals surface area contributed by atoms with E-state index in [-0.39, 0.29) is 6.04 Å². The van der Waals surface area contributed by atoms with Gasteiger partial charge in [-0.25, -0.2) is 9.59 Å². The first-order valence-corrected chi connectivity index (χ1v) is 11.6. The first-order chi connectivity index (χ1) is 15.8. The van der Waals surface area contributed by atoms with Crippen LogP contribution in [0.2, 0.25) is 0 Å². The maximum Gasteiger partial charge on any atom is 0.414 e. The van der Waals surface area contributed by atoms with Crippen molar-refractivity contribution in [1.82, 2.24) is 4.90 Å². The molecule has 178 valence electrons. The lowest BCUT2D eigenvalue weighted by atomic mass is 9.36. The smallest absolute Gasteiger partial charge is 0.414 e. The Morgan fingerprint density at radius 1 is 1.06 bits per heavy atom. The number of anilines is 1. The van der Waals surface area contributed by atoms with E-state index in [0.717, 1.165) is 25.1 Å². The van der Waals surface area contributed by atoms with Crippen molar-refractivity contribution in [2.75, 3.05) is 39.3 Å². The van der Waals surface area contributed by atoms with Crippen LogP contribution in [-0.2, 0) is 19.7 Å². The minimum absolute atomic E-state index is 0.132. The van der Waals surface area contributed by atoms with Gasteiger partial charge in [-0.05, 0) is 56.8 Å². The summed E-state index contributed by atoms with van der Waals surface area (Å²) >= 11 is 0. The van der Waals surface area contributed by atoms with Gasteiger partial charge in [-0.2, -0.15) is 0 Å². The third-order valence-electron chi connectivity index (χ3n) is 9.68. The topological polar surface area (TPSA) is 109 Å². The molecule has 3 aliphatic carbocycles. The van der Waals surface area contributed by atoms with Gasteiger partial charge in [0.1, 0.15) is 17.4 Å². The molecule has 5 fully saturated rings. The lowest BCUT2D eigenvalue weighted by Gasteiger charge is -2.73. The Balaban J connectivity index is 1.78. The Kier molecular flexibility index (Phi) is 4.11. The molecule has 3 saturated carbocycles. The maximum absolute atomic E-state index is 13.5. The second-order valence-electron chi connectivity index (χ2n) is 10.2. The Morgan fingerprint density at radius 3 is 2.55 bits per heavy atom. The number of rotatable bonds is 2. The Labute approximate surface area is 192 Å². The number of methoxy groups -OCH3 is 3. The van der Waals surface area contributed by atoms with Gasteiger partial charge in [-0.1, -0.05) is 12.1 Å². The number of hydrogen-bond donors (Lipinski definition) is 2. The molecule has 9 heteroatoms. The summed E-state index contributed by atoms with van der Waals surface area (Å²) < 4.78 is 16.1. The molecular formula is C24H30N2O7. The van der Waals surface area contributed by atoms with Crippen molar-refractivity contribution in [2.24, 2.45) is 5.41 Å². The number of carbonyl (C=O) groups excluding carboxylic acids is 2. The van der Waals surface area contributed by atoms with Crippen LogP contribution in [0.5, 0.6) is 5.75 Å². The number of carbonyl (C=O) groups is 2. The molecule has 0 unspecified atom stereocenters. The van der Waals surface area contributed by atoms with E-state index in [1.54, 1.807) is 6.07 Å². The van der Waals surface area contributed by atoms with Gasteiger partial charge in [0, 0.05) is 16.9 Å². The van der Waals surface area contributed by atoms with Crippen LogP contribution < -0.4 is 9.64 Å². The van der Waals surface area contributed by atoms with Gasteiger partial charge in [-0.3, -0.25) is 9.80 Å². The summed E-state index contributed by atoms with van der Waals surface area (Å²) in [5.74, 6) is -0.457. The molecule has 7 rings (SSSR count). The molecule has 2 saturated heterocycles. The number of para-hydroxylation sites is 1. The maximum atomic E-state index is 13.5. The minimum atomic E-state index is -2.33. The summed E-state index contributed by atoms with van der Waals surface area (Å²) in [5.41, 5.74) is -3.92. The summed E-state index contributed by atoms with van der Waals surface area (Å²) in [4.78, 5) is 30.8. The number of benzene rings is 1. The first kappa shape index (κ1) is 21.2. The molecule has 2 N–H and O–H groups in total. The summed E-state index contributed by atoms with van der Waals surface area (Å²) in [6.07, 6.45) is 1.05. The number of aliphatic hydroxyl groups is 2. The highest BCUT2D eigenvalue weighted by Crippen LogP contribution is 2.77. The van der Waals surface area contributed by atoms with Crippen LogP contribution in [0, 0.1) is 5.41 Å². The van der Waals surface area contributed by atoms with Crippen molar-refractivity contribution in [1.29, 1.82) is 0 Å². The van der Waals surface area contributed by atoms with Gasteiger partial charge >= 0.3 is 12.1 Å². The molecule has 6 atom stereocenters. The number of aliphatic hydroxyl groups excluding tert-OH is 1. The first-order valence-electron chi connectivity index (χ1n) is 11.6. The molecule has 0 aromatic heterocycles. The van der Waals surface area contributed by atoms with E-state index in [9.17, 15) is 19.8 Å². The predicted octanol–water partition coefficient (Wildman–Crippen LogP) is 1.19. The van der Waals surface area contributed by atoms with Crippen molar-refractivity contribution in [3.05, 3.63) is 23.8 Å². The Hall–Kier alpha value is -2.36. The highest BCUT2D eigenvalue weighted by Gasteiger charge is 2.90. The molecule has 1 aromatic carbocycles. The van der Waals surface area contributed by atoms with E-state index in [1.807, 2.05) is 12.1 Å². The Morgan fingerprint density at radius 2 is 1.85 bits per heavy atom. The van der Waals surface area contributed by atoms with E-state index in [1.165, 1.54) is 26.2 Å². The van der Waals surface area contributed by atoms with Crippen LogP contribution in [0.25, 0.3) is 0 Å². The monoisotopic (exact) mass is 458 g/mol. The van der Waals surface area contributed by atoms with Crippen molar-refractivity contribution < 1.29 is 34.0 Å². The highest BCUT2D eigenvalue weighted by molar-refractivity contribution is 6.01. The summed E-state index contributed by atoms with van der Waals surface area (Å²) in [6.45, 7) is 1.63. The van der Waals surface area contributed by atoms with Crippen LogP contribution in [0.3, 0.4) is 0 Å². The number of esters is 1. The molecule has 6 aliphatic rings. The second-order valence-corrected chi connectivity index (χ2v) is 10.2. The molecule has 1 aromatic rings. The number of hydrogen-bond acceptors (Lipinski definition) is 8. The largest absolute Gasteiger partial charge is 0.495 e. The summed E-state index contributed by atoms with van der Waals surface area (Å²) in [7, 11) is 4.02. The average molecular weight is 459 g/mol. The quantitative estimate of drug-likeness (QED) is 0.636. The summed E-state index contributed by atoms with van der Waals surface area (Å²) in [5, 5.41) is 24.3. The fourth-order valence-corrected chi connectivity index (χ4v) is 8.90. The zero-order chi connectivity index (χ0) is 23.4. The molecule has 9 nitrogen and oxygen atoms in total.